The van der Waals surface area contributed by atoms with Gasteiger partial charge in [-0.3, -0.25) is 4.99 Å². The Morgan fingerprint density at radius 3 is 2.56 bits per heavy atom. The van der Waals surface area contributed by atoms with Crippen molar-refractivity contribution in [2.24, 2.45) is 10.4 Å². The van der Waals surface area contributed by atoms with E-state index in [0.717, 1.165) is 37.8 Å². The van der Waals surface area contributed by atoms with Gasteiger partial charge < -0.3 is 20.1 Å². The molecule has 0 saturated heterocycles. The zero-order chi connectivity index (χ0) is 18.1. The third-order valence-corrected chi connectivity index (χ3v) is 5.16. The van der Waals surface area contributed by atoms with Crippen LogP contribution in [0.4, 0.5) is 0 Å². The second-order valence-electron chi connectivity index (χ2n) is 7.09. The summed E-state index contributed by atoms with van der Waals surface area (Å²) in [5.41, 5.74) is 2.73. The molecular weight excluding hydrogens is 314 g/mol. The third kappa shape index (κ3) is 5.92. The van der Waals surface area contributed by atoms with Crippen LogP contribution in [0, 0.1) is 12.3 Å². The molecule has 25 heavy (non-hydrogen) atoms. The second-order valence-corrected chi connectivity index (χ2v) is 7.09. The van der Waals surface area contributed by atoms with Crippen LogP contribution in [0.3, 0.4) is 0 Å². The van der Waals surface area contributed by atoms with Gasteiger partial charge in [0.15, 0.2) is 5.96 Å². The van der Waals surface area contributed by atoms with Crippen LogP contribution in [0.5, 0.6) is 5.75 Å². The smallest absolute Gasteiger partial charge is 0.191 e. The molecule has 1 aromatic carbocycles. The monoisotopic (exact) mass is 347 g/mol. The first-order chi connectivity index (χ1) is 12.1. The van der Waals surface area contributed by atoms with Gasteiger partial charge in [0.1, 0.15) is 5.75 Å². The summed E-state index contributed by atoms with van der Waals surface area (Å²) in [7, 11) is 5.31. The first kappa shape index (κ1) is 19.6. The molecule has 0 bridgehead atoms. The van der Waals surface area contributed by atoms with Crippen molar-refractivity contribution in [3.05, 3.63) is 29.3 Å². The lowest BCUT2D eigenvalue weighted by molar-refractivity contribution is 0.138. The van der Waals surface area contributed by atoms with Crippen molar-refractivity contribution in [2.75, 3.05) is 34.4 Å². The van der Waals surface area contributed by atoms with Gasteiger partial charge in [-0.1, -0.05) is 18.9 Å². The van der Waals surface area contributed by atoms with Gasteiger partial charge in [-0.2, -0.15) is 0 Å². The Kier molecular flexibility index (Phi) is 7.56. The molecule has 1 saturated carbocycles. The van der Waals surface area contributed by atoms with E-state index in [4.69, 9.17) is 9.47 Å². The number of ether oxygens (including phenoxy) is 2. The predicted octanol–water partition coefficient (Wildman–Crippen LogP) is 3.27. The Morgan fingerprint density at radius 1 is 1.16 bits per heavy atom. The minimum atomic E-state index is 0.347. The lowest BCUT2D eigenvalue weighted by atomic mass is 9.83. The maximum absolute atomic E-state index is 5.35. The molecule has 2 rings (SSSR count). The Bertz CT molecular complexity index is 566. The standard InChI is InChI=1S/C20H33N3O2/c1-16-11-17(13-18(12-16)25-4)14-22-19(21-2)23-15-20(9-10-24-3)7-5-6-8-20/h11-13H,5-10,14-15H2,1-4H3,(H2,21,22,23). The van der Waals surface area contributed by atoms with Gasteiger partial charge in [-0.05, 0) is 54.9 Å². The molecule has 1 fully saturated rings. The Labute approximate surface area is 152 Å². The highest BCUT2D eigenvalue weighted by atomic mass is 16.5. The molecule has 0 aromatic heterocycles. The van der Waals surface area contributed by atoms with Gasteiger partial charge in [0, 0.05) is 33.9 Å². The van der Waals surface area contributed by atoms with Gasteiger partial charge in [0.2, 0.25) is 0 Å². The summed E-state index contributed by atoms with van der Waals surface area (Å²) in [6, 6.07) is 6.26. The molecule has 0 radical (unpaired) electrons. The van der Waals surface area contributed by atoms with E-state index in [1.54, 1.807) is 14.2 Å². The van der Waals surface area contributed by atoms with Crippen molar-refractivity contribution < 1.29 is 9.47 Å². The maximum atomic E-state index is 5.35. The highest BCUT2D eigenvalue weighted by molar-refractivity contribution is 5.79. The zero-order valence-corrected chi connectivity index (χ0v) is 16.2. The van der Waals surface area contributed by atoms with Gasteiger partial charge in [0.25, 0.3) is 0 Å². The largest absolute Gasteiger partial charge is 0.497 e. The van der Waals surface area contributed by atoms with Crippen LogP contribution >= 0.6 is 0 Å². The maximum Gasteiger partial charge on any atom is 0.191 e. The number of methoxy groups -OCH3 is 2. The van der Waals surface area contributed by atoms with Crippen molar-refractivity contribution in [3.8, 4) is 5.75 Å². The van der Waals surface area contributed by atoms with E-state index in [-0.39, 0.29) is 0 Å². The Morgan fingerprint density at radius 2 is 1.92 bits per heavy atom. The van der Waals surface area contributed by atoms with Crippen molar-refractivity contribution >= 4 is 5.96 Å². The third-order valence-electron chi connectivity index (χ3n) is 5.16. The van der Waals surface area contributed by atoms with Crippen molar-refractivity contribution in [1.29, 1.82) is 0 Å². The van der Waals surface area contributed by atoms with E-state index < -0.39 is 0 Å². The van der Waals surface area contributed by atoms with Gasteiger partial charge in [-0.15, -0.1) is 0 Å². The van der Waals surface area contributed by atoms with Crippen molar-refractivity contribution in [3.63, 3.8) is 0 Å². The number of hydrogen-bond donors (Lipinski definition) is 2. The van der Waals surface area contributed by atoms with E-state index >= 15 is 0 Å². The molecule has 1 aromatic rings. The van der Waals surface area contributed by atoms with Crippen LogP contribution in [-0.2, 0) is 11.3 Å². The minimum absolute atomic E-state index is 0.347. The van der Waals surface area contributed by atoms with E-state index in [1.807, 2.05) is 13.1 Å². The molecule has 5 nitrogen and oxygen atoms in total. The molecule has 0 unspecified atom stereocenters. The summed E-state index contributed by atoms with van der Waals surface area (Å²) in [5.74, 6) is 1.74. The molecule has 140 valence electrons. The number of benzene rings is 1. The summed E-state index contributed by atoms with van der Waals surface area (Å²) >= 11 is 0. The van der Waals surface area contributed by atoms with E-state index in [9.17, 15) is 0 Å². The predicted molar refractivity (Wildman–Crippen MR) is 103 cm³/mol. The number of guanidine groups is 1. The molecule has 0 heterocycles. The molecule has 0 atom stereocenters. The van der Waals surface area contributed by atoms with Crippen LogP contribution in [0.1, 0.15) is 43.2 Å². The molecular formula is C20H33N3O2. The van der Waals surface area contributed by atoms with Gasteiger partial charge in [0.05, 0.1) is 7.11 Å². The normalized spacial score (nSPS) is 16.7. The molecule has 0 aliphatic heterocycles. The fourth-order valence-electron chi connectivity index (χ4n) is 3.68. The lowest BCUT2D eigenvalue weighted by Crippen LogP contribution is -2.43. The highest BCUT2D eigenvalue weighted by Gasteiger charge is 2.33. The zero-order valence-electron chi connectivity index (χ0n) is 16.2. The topological polar surface area (TPSA) is 54.9 Å². The summed E-state index contributed by atoms with van der Waals surface area (Å²) in [6.45, 7) is 4.59. The summed E-state index contributed by atoms with van der Waals surface area (Å²) < 4.78 is 10.7. The lowest BCUT2D eigenvalue weighted by Gasteiger charge is -2.30. The van der Waals surface area contributed by atoms with E-state index in [2.05, 4.69) is 34.7 Å². The Balaban J connectivity index is 1.89. The summed E-state index contributed by atoms with van der Waals surface area (Å²) in [5, 5.41) is 6.94. The van der Waals surface area contributed by atoms with E-state index in [1.165, 1.54) is 36.8 Å². The molecule has 5 heteroatoms. The SMILES string of the molecule is CN=C(NCc1cc(C)cc(OC)c1)NCC1(CCOC)CCCC1. The molecule has 0 amide bonds. The summed E-state index contributed by atoms with van der Waals surface area (Å²) in [4.78, 5) is 4.37. The van der Waals surface area contributed by atoms with Crippen molar-refractivity contribution in [1.82, 2.24) is 10.6 Å². The number of aliphatic imine (C=N–C) groups is 1. The molecule has 2 N–H and O–H groups in total. The summed E-state index contributed by atoms with van der Waals surface area (Å²) in [6.07, 6.45) is 6.30. The van der Waals surface area contributed by atoms with Crippen LogP contribution in [0.2, 0.25) is 0 Å². The van der Waals surface area contributed by atoms with Crippen LogP contribution in [0.15, 0.2) is 23.2 Å². The fraction of sp³-hybridized carbons (Fsp3) is 0.650. The molecule has 0 spiro atoms. The first-order valence-electron chi connectivity index (χ1n) is 9.19. The Hall–Kier alpha value is -1.75. The fourth-order valence-corrected chi connectivity index (χ4v) is 3.68. The molecule has 1 aliphatic carbocycles. The molecule has 1 aliphatic rings. The average molecular weight is 348 g/mol. The van der Waals surface area contributed by atoms with Crippen LogP contribution < -0.4 is 15.4 Å². The number of nitrogens with zero attached hydrogens (tertiary/aromatic N) is 1. The number of nitrogens with one attached hydrogen (secondary N) is 2. The highest BCUT2D eigenvalue weighted by Crippen LogP contribution is 2.40. The van der Waals surface area contributed by atoms with Crippen LogP contribution in [-0.4, -0.2) is 40.4 Å². The minimum Gasteiger partial charge on any atom is -0.497 e. The number of aryl methyl sites for hydroxylation is 1. The van der Waals surface area contributed by atoms with Gasteiger partial charge >= 0.3 is 0 Å². The second kappa shape index (κ2) is 9.66. The first-order valence-corrected chi connectivity index (χ1v) is 9.19. The van der Waals surface area contributed by atoms with Crippen molar-refractivity contribution in [2.45, 2.75) is 45.6 Å². The average Bonchev–Trinajstić information content (AvgIpc) is 3.09. The van der Waals surface area contributed by atoms with Gasteiger partial charge in [-0.25, -0.2) is 0 Å². The number of rotatable bonds is 8. The quantitative estimate of drug-likeness (QED) is 0.560. The number of hydrogen-bond acceptors (Lipinski definition) is 3. The van der Waals surface area contributed by atoms with Crippen LogP contribution in [0.25, 0.3) is 0 Å². The van der Waals surface area contributed by atoms with E-state index in [0.29, 0.717) is 5.41 Å².